The van der Waals surface area contributed by atoms with Crippen LogP contribution in [0.25, 0.3) is 0 Å². The van der Waals surface area contributed by atoms with Gasteiger partial charge in [-0.2, -0.15) is 19.6 Å². The Labute approximate surface area is 190 Å². The van der Waals surface area contributed by atoms with Crippen LogP contribution in [0.5, 0.6) is 0 Å². The molecule has 32 heavy (non-hydrogen) atoms. The molecule has 5 saturated carbocycles. The molecule has 1 amide bonds. The van der Waals surface area contributed by atoms with Crippen molar-refractivity contribution in [1.29, 1.82) is 0 Å². The molecule has 8 nitrogen and oxygen atoms in total. The number of hydrogen-bond donors (Lipinski definition) is 1. The van der Waals surface area contributed by atoms with Gasteiger partial charge in [-0.25, -0.2) is 0 Å². The van der Waals surface area contributed by atoms with E-state index in [0.717, 1.165) is 57.5 Å². The van der Waals surface area contributed by atoms with Gasteiger partial charge in [-0.3, -0.25) is 9.69 Å². The molecule has 0 aromatic rings. The molecule has 0 aromatic heterocycles. The molecule has 1 N–H and O–H groups in total. The van der Waals surface area contributed by atoms with E-state index in [0.29, 0.717) is 43.6 Å². The third kappa shape index (κ3) is 4.12. The van der Waals surface area contributed by atoms with Gasteiger partial charge in [0.1, 0.15) is 0 Å². The predicted octanol–water partition coefficient (Wildman–Crippen LogP) is 2.77. The van der Waals surface area contributed by atoms with Crippen LogP contribution in [-0.4, -0.2) is 61.8 Å². The van der Waals surface area contributed by atoms with Gasteiger partial charge in [0.05, 0.1) is 13.2 Å². The molecule has 7 aliphatic rings. The number of carbonyl (C=O) groups excluding carboxylic acids is 1. The molecule has 2 heterocycles. The highest BCUT2D eigenvalue weighted by molar-refractivity contribution is 5.76. The first-order chi connectivity index (χ1) is 15.6. The van der Waals surface area contributed by atoms with E-state index in [-0.39, 0.29) is 5.91 Å². The first-order valence-electron chi connectivity index (χ1n) is 12.9. The number of hydrogen-bond acceptors (Lipinski definition) is 7. The Bertz CT molecular complexity index is 648. The molecule has 2 aliphatic heterocycles. The lowest BCUT2D eigenvalue weighted by atomic mass is 9.53. The molecule has 2 spiro atoms. The van der Waals surface area contributed by atoms with Crippen molar-refractivity contribution >= 4 is 5.91 Å². The van der Waals surface area contributed by atoms with Crippen LogP contribution in [0.4, 0.5) is 0 Å². The average Bonchev–Trinajstić information content (AvgIpc) is 2.81. The maximum absolute atomic E-state index is 12.4. The fraction of sp³-hybridized carbons (Fsp3) is 0.958. The number of nitrogens with one attached hydrogen (secondary N) is 1. The van der Waals surface area contributed by atoms with Crippen molar-refractivity contribution in [3.8, 4) is 0 Å². The molecule has 2 saturated heterocycles. The molecule has 5 aliphatic carbocycles. The third-order valence-electron chi connectivity index (χ3n) is 9.12. The van der Waals surface area contributed by atoms with Gasteiger partial charge < -0.3 is 10.1 Å². The summed E-state index contributed by atoms with van der Waals surface area (Å²) in [6, 6.07) is 0. The smallest absolute Gasteiger partial charge is 0.239 e. The summed E-state index contributed by atoms with van der Waals surface area (Å²) in [7, 11) is 0. The molecule has 8 heteroatoms. The summed E-state index contributed by atoms with van der Waals surface area (Å²) in [6.07, 6.45) is 9.83. The van der Waals surface area contributed by atoms with Gasteiger partial charge in [-0.1, -0.05) is 0 Å². The molecule has 0 radical (unpaired) electrons. The summed E-state index contributed by atoms with van der Waals surface area (Å²) in [5.74, 6) is 1.47. The van der Waals surface area contributed by atoms with Gasteiger partial charge in [-0.15, -0.1) is 0 Å². The largest absolute Gasteiger partial charge is 0.379 e. The van der Waals surface area contributed by atoms with Crippen LogP contribution in [0.15, 0.2) is 0 Å². The minimum absolute atomic E-state index is 0.143. The van der Waals surface area contributed by atoms with E-state index in [9.17, 15) is 4.79 Å². The number of rotatable bonds is 5. The summed E-state index contributed by atoms with van der Waals surface area (Å²) in [4.78, 5) is 39.0. The zero-order valence-corrected chi connectivity index (χ0v) is 19.1. The van der Waals surface area contributed by atoms with E-state index in [1.165, 1.54) is 32.1 Å². The quantitative estimate of drug-likeness (QED) is 0.646. The lowest BCUT2D eigenvalue weighted by molar-refractivity contribution is -0.680. The monoisotopic (exact) mass is 450 g/mol. The summed E-state index contributed by atoms with van der Waals surface area (Å²) >= 11 is 0. The molecule has 4 bridgehead atoms. The number of carbonyl (C=O) groups is 1. The van der Waals surface area contributed by atoms with Crippen molar-refractivity contribution in [2.75, 3.05) is 39.4 Å². The van der Waals surface area contributed by atoms with Gasteiger partial charge in [0.25, 0.3) is 0 Å². The van der Waals surface area contributed by atoms with E-state index in [4.69, 9.17) is 24.3 Å². The fourth-order valence-electron chi connectivity index (χ4n) is 7.42. The SMILES string of the molecule is O=C(CC1CCC2(CC1)OOC1(OO2)C2CC3CC(C2)CC1C3)NCCN1CCOCC1. The van der Waals surface area contributed by atoms with Crippen LogP contribution >= 0.6 is 0 Å². The fourth-order valence-corrected chi connectivity index (χ4v) is 7.42. The van der Waals surface area contributed by atoms with Gasteiger partial charge in [0.15, 0.2) is 0 Å². The van der Waals surface area contributed by atoms with Crippen molar-refractivity contribution in [3.63, 3.8) is 0 Å². The summed E-state index contributed by atoms with van der Waals surface area (Å²) in [5, 5.41) is 3.08. The zero-order chi connectivity index (χ0) is 21.6. The molecule has 0 unspecified atom stereocenters. The highest BCUT2D eigenvalue weighted by Crippen LogP contribution is 2.61. The maximum atomic E-state index is 12.4. The van der Waals surface area contributed by atoms with E-state index in [1.807, 2.05) is 0 Å². The minimum Gasteiger partial charge on any atom is -0.379 e. The van der Waals surface area contributed by atoms with Crippen LogP contribution in [-0.2, 0) is 29.1 Å². The van der Waals surface area contributed by atoms with Crippen LogP contribution in [0.2, 0.25) is 0 Å². The summed E-state index contributed by atoms with van der Waals surface area (Å²) < 4.78 is 5.37. The molecule has 7 fully saturated rings. The Kier molecular flexibility index (Phi) is 5.97. The van der Waals surface area contributed by atoms with E-state index in [1.54, 1.807) is 0 Å². The second-order valence-corrected chi connectivity index (χ2v) is 11.2. The van der Waals surface area contributed by atoms with Crippen molar-refractivity contribution in [1.82, 2.24) is 10.2 Å². The van der Waals surface area contributed by atoms with Crippen molar-refractivity contribution < 1.29 is 29.1 Å². The third-order valence-corrected chi connectivity index (χ3v) is 9.12. The summed E-state index contributed by atoms with van der Waals surface area (Å²) in [5.41, 5.74) is 0. The second kappa shape index (κ2) is 8.78. The molecular weight excluding hydrogens is 412 g/mol. The average molecular weight is 451 g/mol. The Balaban J connectivity index is 0.942. The van der Waals surface area contributed by atoms with Crippen molar-refractivity contribution in [2.45, 2.75) is 75.8 Å². The van der Waals surface area contributed by atoms with Crippen molar-refractivity contribution in [3.05, 3.63) is 0 Å². The van der Waals surface area contributed by atoms with E-state index < -0.39 is 11.6 Å². The lowest BCUT2D eigenvalue weighted by Crippen LogP contribution is -2.64. The Hall–Kier alpha value is -0.770. The Morgan fingerprint density at radius 2 is 1.50 bits per heavy atom. The molecule has 0 atom stereocenters. The normalized spacial score (nSPS) is 46.1. The highest BCUT2D eigenvalue weighted by atomic mass is 17.4. The maximum Gasteiger partial charge on any atom is 0.239 e. The van der Waals surface area contributed by atoms with E-state index >= 15 is 0 Å². The molecule has 0 aromatic carbocycles. The molecular formula is C24H38N2O6. The predicted molar refractivity (Wildman–Crippen MR) is 114 cm³/mol. The summed E-state index contributed by atoms with van der Waals surface area (Å²) in [6.45, 7) is 5.08. The second-order valence-electron chi connectivity index (χ2n) is 11.2. The van der Waals surface area contributed by atoms with Gasteiger partial charge in [0.2, 0.25) is 17.5 Å². The first kappa shape index (κ1) is 21.7. The van der Waals surface area contributed by atoms with Gasteiger partial charge in [0, 0.05) is 57.3 Å². The standard InChI is InChI=1S/C24H38N2O6/c27-22(25-5-6-26-7-9-28-10-8-26)16-17-1-3-23(4-2-17)29-31-24(32-30-23)20-12-18-11-19(14-20)15-21(24)13-18/h17-21H,1-16H2,(H,25,27). The van der Waals surface area contributed by atoms with E-state index in [2.05, 4.69) is 10.2 Å². The topological polar surface area (TPSA) is 78.5 Å². The molecule has 180 valence electrons. The minimum atomic E-state index is -0.802. The number of amides is 1. The Morgan fingerprint density at radius 1 is 0.875 bits per heavy atom. The number of nitrogens with zero attached hydrogens (tertiary/aromatic N) is 1. The lowest BCUT2D eigenvalue weighted by Gasteiger charge is -2.60. The zero-order valence-electron chi connectivity index (χ0n) is 19.1. The number of ether oxygens (including phenoxy) is 1. The van der Waals surface area contributed by atoms with Crippen LogP contribution in [0, 0.1) is 29.6 Å². The molecule has 7 rings (SSSR count). The van der Waals surface area contributed by atoms with Crippen LogP contribution in [0.3, 0.4) is 0 Å². The van der Waals surface area contributed by atoms with Crippen LogP contribution < -0.4 is 5.32 Å². The first-order valence-corrected chi connectivity index (χ1v) is 12.9. The van der Waals surface area contributed by atoms with Gasteiger partial charge in [-0.05, 0) is 62.7 Å². The van der Waals surface area contributed by atoms with Crippen molar-refractivity contribution in [2.24, 2.45) is 29.6 Å². The number of morpholine rings is 1. The van der Waals surface area contributed by atoms with Gasteiger partial charge >= 0.3 is 0 Å². The highest BCUT2D eigenvalue weighted by Gasteiger charge is 2.64. The Morgan fingerprint density at radius 3 is 2.12 bits per heavy atom. The van der Waals surface area contributed by atoms with Crippen LogP contribution in [0.1, 0.15) is 64.2 Å².